The number of hydrogen-bond donors (Lipinski definition) is 1. The lowest BCUT2D eigenvalue weighted by molar-refractivity contribution is -0.136. The van der Waals surface area contributed by atoms with Crippen molar-refractivity contribution < 1.29 is 23.5 Å². The molecule has 1 atom stereocenters. The molecule has 1 aliphatic rings. The van der Waals surface area contributed by atoms with Crippen LogP contribution in [0.1, 0.15) is 28.3 Å². The molecule has 1 aromatic heterocycles. The number of ketones is 1. The zero-order chi connectivity index (χ0) is 28.9. The van der Waals surface area contributed by atoms with Crippen molar-refractivity contribution >= 4 is 41.1 Å². The van der Waals surface area contributed by atoms with Crippen molar-refractivity contribution in [2.24, 2.45) is 0 Å². The summed E-state index contributed by atoms with van der Waals surface area (Å²) in [5.41, 5.74) is 3.29. The summed E-state index contributed by atoms with van der Waals surface area (Å²) in [6, 6.07) is 16.4. The van der Waals surface area contributed by atoms with Crippen LogP contribution in [-0.2, 0) is 27.2 Å². The lowest BCUT2D eigenvalue weighted by atomic mass is 9.88. The first-order valence-corrected chi connectivity index (χ1v) is 13.0. The molecule has 0 unspecified atom stereocenters. The summed E-state index contributed by atoms with van der Waals surface area (Å²) in [7, 11) is 1.27. The molecule has 41 heavy (non-hydrogen) atoms. The lowest BCUT2D eigenvalue weighted by Gasteiger charge is -2.36. The predicted octanol–water partition coefficient (Wildman–Crippen LogP) is 4.58. The quantitative estimate of drug-likeness (QED) is 0.321. The van der Waals surface area contributed by atoms with Gasteiger partial charge in [-0.3, -0.25) is 14.9 Å². The van der Waals surface area contributed by atoms with Gasteiger partial charge in [-0.05, 0) is 63.9 Å². The van der Waals surface area contributed by atoms with Crippen LogP contribution in [0.25, 0.3) is 11.8 Å². The Hall–Kier alpha value is -4.90. The SMILES string of the molecule is COC(=O)Nc1ccc(CC(=O)[C@@H]2c3ccccc3CCN2C(=O)/C=C/c2c(-n3cnnn3)ccc(Cl)c2F)cc1. The van der Waals surface area contributed by atoms with Crippen molar-refractivity contribution in [2.75, 3.05) is 19.0 Å². The zero-order valence-corrected chi connectivity index (χ0v) is 22.6. The number of fused-ring (bicyclic) bond motifs is 1. The molecule has 4 aromatic rings. The maximum atomic E-state index is 15.0. The molecule has 5 rings (SSSR count). The van der Waals surface area contributed by atoms with Crippen LogP contribution in [0.4, 0.5) is 14.9 Å². The normalized spacial score (nSPS) is 14.5. The van der Waals surface area contributed by atoms with Crippen LogP contribution in [0.15, 0.2) is 73.1 Å². The standard InChI is InChI=1S/C29H24ClFN6O4/c1-41-29(40)33-20-8-6-18(7-9-20)16-25(38)28-21-5-3-2-4-19(21)14-15-36(28)26(39)13-10-22-24(37-17-32-34-35-37)12-11-23(30)27(22)31/h2-13,17,28H,14-16H2,1H3,(H,33,40)/b13-10+/t28-/m0/s1. The molecule has 0 bridgehead atoms. The van der Waals surface area contributed by atoms with E-state index in [9.17, 15) is 14.4 Å². The molecule has 12 heteroatoms. The first-order chi connectivity index (χ1) is 19.9. The number of anilines is 1. The van der Waals surface area contributed by atoms with Crippen LogP contribution in [0.2, 0.25) is 5.02 Å². The van der Waals surface area contributed by atoms with Gasteiger partial charge in [0.15, 0.2) is 11.6 Å². The second kappa shape index (κ2) is 12.1. The number of rotatable bonds is 7. The van der Waals surface area contributed by atoms with Gasteiger partial charge >= 0.3 is 6.09 Å². The van der Waals surface area contributed by atoms with Gasteiger partial charge in [-0.15, -0.1) is 5.10 Å². The number of amides is 2. The topological polar surface area (TPSA) is 119 Å². The predicted molar refractivity (Wildman–Crippen MR) is 149 cm³/mol. The highest BCUT2D eigenvalue weighted by Gasteiger charge is 2.34. The van der Waals surface area contributed by atoms with E-state index in [1.165, 1.54) is 41.2 Å². The molecule has 208 valence electrons. The number of benzene rings is 3. The number of carbonyl (C=O) groups excluding carboxylic acids is 3. The van der Waals surface area contributed by atoms with Gasteiger partial charge in [0.05, 0.1) is 17.8 Å². The summed E-state index contributed by atoms with van der Waals surface area (Å²) in [6.45, 7) is 0.302. The molecule has 0 aliphatic carbocycles. The lowest BCUT2D eigenvalue weighted by Crippen LogP contribution is -2.43. The second-order valence-electron chi connectivity index (χ2n) is 9.22. The molecule has 2 amide bonds. The van der Waals surface area contributed by atoms with Gasteiger partial charge < -0.3 is 9.64 Å². The van der Waals surface area contributed by atoms with E-state index in [2.05, 4.69) is 25.6 Å². The number of hydrogen-bond acceptors (Lipinski definition) is 7. The van der Waals surface area contributed by atoms with Gasteiger partial charge in [0.2, 0.25) is 5.91 Å². The largest absolute Gasteiger partial charge is 0.453 e. The first-order valence-electron chi connectivity index (χ1n) is 12.6. The van der Waals surface area contributed by atoms with Crippen LogP contribution in [0.3, 0.4) is 0 Å². The van der Waals surface area contributed by atoms with Crippen LogP contribution in [-0.4, -0.2) is 56.5 Å². The fraction of sp³-hybridized carbons (Fsp3) is 0.172. The van der Waals surface area contributed by atoms with E-state index >= 15 is 4.39 Å². The highest BCUT2D eigenvalue weighted by Crippen LogP contribution is 2.32. The van der Waals surface area contributed by atoms with E-state index in [4.69, 9.17) is 11.6 Å². The Labute approximate surface area is 239 Å². The molecule has 1 aliphatic heterocycles. The number of carbonyl (C=O) groups is 3. The molecule has 3 aromatic carbocycles. The summed E-state index contributed by atoms with van der Waals surface area (Å²) in [6.07, 6.45) is 3.86. The fourth-order valence-corrected chi connectivity index (χ4v) is 4.93. The number of halogens is 2. The summed E-state index contributed by atoms with van der Waals surface area (Å²) in [4.78, 5) is 40.2. The summed E-state index contributed by atoms with van der Waals surface area (Å²) < 4.78 is 20.9. The van der Waals surface area contributed by atoms with Gasteiger partial charge in [-0.2, -0.15) is 4.68 Å². The minimum absolute atomic E-state index is 0.0269. The number of tetrazole rings is 1. The van der Waals surface area contributed by atoms with Crippen molar-refractivity contribution in [1.29, 1.82) is 0 Å². The third-order valence-corrected chi connectivity index (χ3v) is 7.03. The monoisotopic (exact) mass is 574 g/mol. The summed E-state index contributed by atoms with van der Waals surface area (Å²) in [5.74, 6) is -1.38. The molecule has 0 radical (unpaired) electrons. The van der Waals surface area contributed by atoms with Crippen molar-refractivity contribution in [3.05, 3.63) is 106 Å². The minimum Gasteiger partial charge on any atom is -0.453 e. The molecule has 0 saturated carbocycles. The van der Waals surface area contributed by atoms with Crippen LogP contribution < -0.4 is 5.32 Å². The molecule has 2 heterocycles. The van der Waals surface area contributed by atoms with E-state index in [1.807, 2.05) is 24.3 Å². The van der Waals surface area contributed by atoms with E-state index in [-0.39, 0.29) is 22.8 Å². The van der Waals surface area contributed by atoms with Crippen molar-refractivity contribution in [3.63, 3.8) is 0 Å². The highest BCUT2D eigenvalue weighted by atomic mass is 35.5. The average molecular weight is 575 g/mol. The molecule has 0 saturated heterocycles. The smallest absolute Gasteiger partial charge is 0.411 e. The number of nitrogens with one attached hydrogen (secondary N) is 1. The summed E-state index contributed by atoms with van der Waals surface area (Å²) in [5, 5.41) is 13.4. The van der Waals surface area contributed by atoms with E-state index in [1.54, 1.807) is 30.3 Å². The Morgan fingerprint density at radius 1 is 1.12 bits per heavy atom. The van der Waals surface area contributed by atoms with E-state index in [0.717, 1.165) is 11.1 Å². The number of aromatic nitrogens is 4. The molecule has 1 N–H and O–H groups in total. The molecular formula is C29H24ClFN6O4. The fourth-order valence-electron chi connectivity index (χ4n) is 4.76. The number of nitrogens with zero attached hydrogens (tertiary/aromatic N) is 5. The number of ether oxygens (including phenoxy) is 1. The highest BCUT2D eigenvalue weighted by molar-refractivity contribution is 6.31. The maximum Gasteiger partial charge on any atom is 0.411 e. The van der Waals surface area contributed by atoms with Gasteiger partial charge in [0.25, 0.3) is 0 Å². The van der Waals surface area contributed by atoms with E-state index < -0.39 is 23.9 Å². The number of Topliss-reactive ketones (excluding diaryl/α,β-unsaturated/α-hetero) is 1. The summed E-state index contributed by atoms with van der Waals surface area (Å²) >= 11 is 6.01. The van der Waals surface area contributed by atoms with Crippen LogP contribution in [0, 0.1) is 5.82 Å². The molecule has 10 nitrogen and oxygen atoms in total. The van der Waals surface area contributed by atoms with E-state index in [0.29, 0.717) is 29.9 Å². The Bertz CT molecular complexity index is 1630. The zero-order valence-electron chi connectivity index (χ0n) is 21.8. The van der Waals surface area contributed by atoms with Crippen LogP contribution >= 0.6 is 11.6 Å². The Morgan fingerprint density at radius 2 is 1.90 bits per heavy atom. The Kier molecular flexibility index (Phi) is 8.16. The van der Waals surface area contributed by atoms with Gasteiger partial charge in [0.1, 0.15) is 12.4 Å². The number of methoxy groups -OCH3 is 1. The average Bonchev–Trinajstić information content (AvgIpc) is 3.53. The second-order valence-corrected chi connectivity index (χ2v) is 9.63. The van der Waals surface area contributed by atoms with Crippen LogP contribution in [0.5, 0.6) is 0 Å². The molecular weight excluding hydrogens is 551 g/mol. The Morgan fingerprint density at radius 3 is 2.63 bits per heavy atom. The van der Waals surface area contributed by atoms with Gasteiger partial charge in [0, 0.05) is 30.3 Å². The maximum absolute atomic E-state index is 15.0. The van der Waals surface area contributed by atoms with Crippen molar-refractivity contribution in [1.82, 2.24) is 25.1 Å². The van der Waals surface area contributed by atoms with Crippen molar-refractivity contribution in [2.45, 2.75) is 18.9 Å². The third-order valence-electron chi connectivity index (χ3n) is 6.73. The minimum atomic E-state index is -0.840. The van der Waals surface area contributed by atoms with Crippen molar-refractivity contribution in [3.8, 4) is 5.69 Å². The third kappa shape index (κ3) is 5.99. The molecule has 0 fully saturated rings. The Balaban J connectivity index is 1.42. The van der Waals surface area contributed by atoms with Gasteiger partial charge in [-0.1, -0.05) is 48.0 Å². The first kappa shape index (κ1) is 27.7. The molecule has 0 spiro atoms. The van der Waals surface area contributed by atoms with Gasteiger partial charge in [-0.25, -0.2) is 9.18 Å².